The number of hydrogen-bond acceptors (Lipinski definition) is 1. The van der Waals surface area contributed by atoms with E-state index in [-0.39, 0.29) is 30.9 Å². The second-order valence-corrected chi connectivity index (χ2v) is 7.58. The molecule has 1 nitrogen and oxygen atoms in total. The predicted octanol–water partition coefficient (Wildman–Crippen LogP) is 3.71. The first-order valence-electron chi connectivity index (χ1n) is 10.4. The summed E-state index contributed by atoms with van der Waals surface area (Å²) in [5, 5.41) is 0. The van der Waals surface area contributed by atoms with Crippen LogP contribution in [0.5, 0.6) is 0 Å². The maximum atomic E-state index is 7.05. The number of hydrogen-bond donors (Lipinski definition) is 0. The molecule has 2 heteroatoms. The van der Waals surface area contributed by atoms with Crippen molar-refractivity contribution in [3.63, 3.8) is 0 Å². The molecule has 3 aromatic rings. The van der Waals surface area contributed by atoms with Crippen LogP contribution in [0.25, 0.3) is 0 Å². The molecule has 0 bridgehead atoms. The second kappa shape index (κ2) is 10.6. The SMILES string of the molecule is [CH-]=CC(OC(c1ccccc1)(c1ccccc1)c1ccccc1)C1C=CCCC1.[Li+]. The third-order valence-electron chi connectivity index (χ3n) is 5.76. The Balaban J connectivity index is 0.00000256. The van der Waals surface area contributed by atoms with E-state index in [1.165, 1.54) is 6.42 Å². The molecular weight excluding hydrogens is 359 g/mol. The molecule has 146 valence electrons. The van der Waals surface area contributed by atoms with Crippen molar-refractivity contribution in [3.05, 3.63) is 132 Å². The molecule has 2 unspecified atom stereocenters. The molecule has 0 heterocycles. The van der Waals surface area contributed by atoms with Crippen molar-refractivity contribution in [2.45, 2.75) is 31.0 Å². The van der Waals surface area contributed by atoms with Gasteiger partial charge in [0.25, 0.3) is 0 Å². The quantitative estimate of drug-likeness (QED) is 0.260. The van der Waals surface area contributed by atoms with E-state index < -0.39 is 5.60 Å². The summed E-state index contributed by atoms with van der Waals surface area (Å²) in [4.78, 5) is 0. The molecule has 0 radical (unpaired) electrons. The number of allylic oxidation sites excluding steroid dienone is 1. The summed E-state index contributed by atoms with van der Waals surface area (Å²) in [6.45, 7) is 6.16. The van der Waals surface area contributed by atoms with E-state index in [1.807, 2.05) is 18.2 Å². The molecule has 1 aliphatic carbocycles. The third kappa shape index (κ3) is 4.55. The maximum absolute atomic E-state index is 7.05. The summed E-state index contributed by atoms with van der Waals surface area (Å²) in [7, 11) is 0. The molecule has 0 aromatic heterocycles. The average Bonchev–Trinajstić information content (AvgIpc) is 2.82. The minimum Gasteiger partial charge on any atom is -0.515 e. The van der Waals surface area contributed by atoms with Crippen LogP contribution >= 0.6 is 0 Å². The summed E-state index contributed by atoms with van der Waals surface area (Å²) < 4.78 is 7.05. The zero-order valence-corrected chi connectivity index (χ0v) is 17.7. The van der Waals surface area contributed by atoms with E-state index in [0.717, 1.165) is 29.5 Å². The molecule has 4 rings (SSSR count). The van der Waals surface area contributed by atoms with Gasteiger partial charge in [-0.25, -0.2) is 6.08 Å². The van der Waals surface area contributed by atoms with Gasteiger partial charge in [0.2, 0.25) is 0 Å². The van der Waals surface area contributed by atoms with Crippen LogP contribution in [0.3, 0.4) is 0 Å². The van der Waals surface area contributed by atoms with Crippen molar-refractivity contribution < 1.29 is 23.6 Å². The van der Waals surface area contributed by atoms with Crippen molar-refractivity contribution in [1.29, 1.82) is 0 Å². The van der Waals surface area contributed by atoms with Gasteiger partial charge in [0, 0.05) is 5.92 Å². The van der Waals surface area contributed by atoms with Crippen LogP contribution < -0.4 is 18.9 Å². The van der Waals surface area contributed by atoms with Gasteiger partial charge >= 0.3 is 18.9 Å². The molecule has 30 heavy (non-hydrogen) atoms. The van der Waals surface area contributed by atoms with Crippen molar-refractivity contribution in [2.24, 2.45) is 5.92 Å². The Kier molecular flexibility index (Phi) is 7.94. The molecule has 0 amide bonds. The average molecular weight is 386 g/mol. The molecule has 0 saturated carbocycles. The van der Waals surface area contributed by atoms with E-state index in [2.05, 4.69) is 84.9 Å². The predicted molar refractivity (Wildman–Crippen MR) is 119 cm³/mol. The van der Waals surface area contributed by atoms with Gasteiger partial charge in [0.1, 0.15) is 5.60 Å². The van der Waals surface area contributed by atoms with Gasteiger partial charge in [-0.15, -0.1) is 0 Å². The summed E-state index contributed by atoms with van der Waals surface area (Å²) in [6, 6.07) is 31.4. The molecule has 2 atom stereocenters. The number of rotatable bonds is 7. The topological polar surface area (TPSA) is 9.23 Å². The van der Waals surface area contributed by atoms with E-state index in [1.54, 1.807) is 6.08 Å². The molecule has 3 aromatic carbocycles. The molecule has 0 N–H and O–H groups in total. The molecule has 1 aliphatic rings. The molecule has 0 saturated heterocycles. The molecule has 0 fully saturated rings. The van der Waals surface area contributed by atoms with Gasteiger partial charge in [-0.1, -0.05) is 103 Å². The van der Waals surface area contributed by atoms with Gasteiger partial charge < -0.3 is 11.3 Å². The van der Waals surface area contributed by atoms with Crippen LogP contribution in [0.1, 0.15) is 36.0 Å². The summed E-state index contributed by atoms with van der Waals surface area (Å²) in [6.07, 6.45) is 9.45. The van der Waals surface area contributed by atoms with E-state index >= 15 is 0 Å². The number of benzene rings is 3. The van der Waals surface area contributed by atoms with E-state index in [9.17, 15) is 0 Å². The van der Waals surface area contributed by atoms with Gasteiger partial charge in [-0.05, 0) is 36.0 Å². The van der Waals surface area contributed by atoms with Gasteiger partial charge in [0.05, 0.1) is 6.10 Å². The minimum absolute atomic E-state index is 0. The fourth-order valence-corrected chi connectivity index (χ4v) is 4.31. The second-order valence-electron chi connectivity index (χ2n) is 7.58. The van der Waals surface area contributed by atoms with Crippen molar-refractivity contribution in [3.8, 4) is 0 Å². The standard InChI is InChI=1S/C28H27O.Li/c1-2-27(23-15-7-3-8-16-23)29-28(24-17-9-4-10-18-24,25-19-11-5-12-20-25)26-21-13-6-14-22-26;/h1-2,4-7,9-15,17-23,27H,3,8,16H2;/q-1;+1. The monoisotopic (exact) mass is 386 g/mol. The van der Waals surface area contributed by atoms with Crippen LogP contribution in [-0.2, 0) is 10.3 Å². The Morgan fingerprint density at radius 1 is 0.800 bits per heavy atom. The maximum Gasteiger partial charge on any atom is 1.00 e. The van der Waals surface area contributed by atoms with E-state index in [0.29, 0.717) is 0 Å². The molecule has 0 spiro atoms. The van der Waals surface area contributed by atoms with Gasteiger partial charge in [-0.3, -0.25) is 0 Å². The fourth-order valence-electron chi connectivity index (χ4n) is 4.31. The fraction of sp³-hybridized carbons (Fsp3) is 0.214. The Labute approximate surface area is 192 Å². The van der Waals surface area contributed by atoms with Crippen LogP contribution in [0.15, 0.2) is 109 Å². The summed E-state index contributed by atoms with van der Waals surface area (Å²) in [5.74, 6) is 0.282. The Morgan fingerprint density at radius 3 is 1.63 bits per heavy atom. The normalized spacial score (nSPS) is 17.0. The van der Waals surface area contributed by atoms with Crippen LogP contribution in [-0.4, -0.2) is 6.10 Å². The zero-order chi connectivity index (χ0) is 19.9. The zero-order valence-electron chi connectivity index (χ0n) is 17.7. The van der Waals surface area contributed by atoms with Crippen LogP contribution in [0.2, 0.25) is 0 Å². The third-order valence-corrected chi connectivity index (χ3v) is 5.76. The van der Waals surface area contributed by atoms with Crippen LogP contribution in [0, 0.1) is 12.5 Å². The smallest absolute Gasteiger partial charge is 0.515 e. The molecule has 0 aliphatic heterocycles. The molecular formula is C28H27LiO. The summed E-state index contributed by atoms with van der Waals surface area (Å²) in [5.41, 5.74) is 2.56. The Bertz CT molecular complexity index is 837. The first-order chi connectivity index (χ1) is 14.3. The first-order valence-corrected chi connectivity index (χ1v) is 10.4. The first kappa shape index (κ1) is 22.4. The largest absolute Gasteiger partial charge is 1.00 e. The van der Waals surface area contributed by atoms with Crippen molar-refractivity contribution >= 4 is 0 Å². The summed E-state index contributed by atoms with van der Waals surface area (Å²) >= 11 is 0. The Hall–Kier alpha value is -2.30. The number of ether oxygens (including phenoxy) is 1. The van der Waals surface area contributed by atoms with Crippen LogP contribution in [0.4, 0.5) is 0 Å². The van der Waals surface area contributed by atoms with E-state index in [4.69, 9.17) is 11.3 Å². The van der Waals surface area contributed by atoms with Gasteiger partial charge in [-0.2, -0.15) is 0 Å². The van der Waals surface area contributed by atoms with Crippen molar-refractivity contribution in [2.75, 3.05) is 0 Å². The Morgan fingerprint density at radius 2 is 1.27 bits per heavy atom. The van der Waals surface area contributed by atoms with Gasteiger partial charge in [0.15, 0.2) is 0 Å². The minimum atomic E-state index is -0.740. The van der Waals surface area contributed by atoms with Crippen molar-refractivity contribution in [1.82, 2.24) is 0 Å².